The van der Waals surface area contributed by atoms with E-state index in [1.165, 1.54) is 12.3 Å². The van der Waals surface area contributed by atoms with Gasteiger partial charge in [0.25, 0.3) is 0 Å². The predicted octanol–water partition coefficient (Wildman–Crippen LogP) is 1.37. The van der Waals surface area contributed by atoms with Crippen molar-refractivity contribution in [3.63, 3.8) is 0 Å². The Morgan fingerprint density at radius 3 is 0.778 bits per heavy atom. The van der Waals surface area contributed by atoms with Crippen molar-refractivity contribution in [1.29, 1.82) is 0 Å². The van der Waals surface area contributed by atoms with Gasteiger partial charge in [0, 0.05) is 151 Å². The van der Waals surface area contributed by atoms with Gasteiger partial charge in [0.15, 0.2) is 0 Å². The van der Waals surface area contributed by atoms with E-state index in [4.69, 9.17) is 0 Å². The molecule has 0 heterocycles. The SMILES string of the molecule is C.PCCP.[Ar].[Ar].[Ar].[Ar]. The maximum atomic E-state index is 2.63. The van der Waals surface area contributed by atoms with Crippen LogP contribution in [-0.2, 0) is 0 Å². The number of hydrogen-bond donors (Lipinski definition) is 0. The van der Waals surface area contributed by atoms with Crippen LogP contribution in [-0.4, -0.2) is 12.3 Å². The quantitative estimate of drug-likeness (QED) is 0.631. The fraction of sp³-hybridized carbons (Fsp3) is 1.00. The molecule has 6 heteroatoms. The summed E-state index contributed by atoms with van der Waals surface area (Å²) in [5.74, 6) is 0. The van der Waals surface area contributed by atoms with Crippen molar-refractivity contribution in [3.8, 4) is 0 Å². The Labute approximate surface area is 184 Å². The van der Waals surface area contributed by atoms with Crippen LogP contribution in [0.3, 0.4) is 0 Å². The van der Waals surface area contributed by atoms with Gasteiger partial charge in [0.05, 0.1) is 0 Å². The van der Waals surface area contributed by atoms with Crippen LogP contribution in [0.5, 0.6) is 0 Å². The molecular weight excluding hydrogens is 258 g/mol. The van der Waals surface area contributed by atoms with Gasteiger partial charge in [-0.05, 0) is 12.3 Å². The summed E-state index contributed by atoms with van der Waals surface area (Å²) in [6, 6.07) is 0. The summed E-state index contributed by atoms with van der Waals surface area (Å²) >= 11 is 0. The molecule has 2 atom stereocenters. The van der Waals surface area contributed by atoms with Gasteiger partial charge in [-0.2, -0.15) is 0 Å². The van der Waals surface area contributed by atoms with E-state index >= 15 is 0 Å². The van der Waals surface area contributed by atoms with Crippen molar-refractivity contribution >= 4 is 18.5 Å². The molecule has 0 amide bonds. The van der Waals surface area contributed by atoms with E-state index in [0.717, 1.165) is 0 Å². The van der Waals surface area contributed by atoms with Crippen molar-refractivity contribution in [2.45, 2.75) is 7.43 Å². The molecule has 0 radical (unpaired) electrons. The first kappa shape index (κ1) is 36.3. The van der Waals surface area contributed by atoms with Crippen molar-refractivity contribution in [3.05, 3.63) is 0 Å². The molecule has 0 aliphatic carbocycles. The molecule has 0 aromatic heterocycles. The zero-order chi connectivity index (χ0) is 3.41. The largest absolute Gasteiger partial charge is 0.137 e. The summed E-state index contributed by atoms with van der Waals surface area (Å²) in [7, 11) is 5.27. The molecule has 0 aliphatic rings. The molecule has 0 aromatic rings. The maximum absolute atomic E-state index is 2.63. The van der Waals surface area contributed by atoms with Crippen molar-refractivity contribution in [2.75, 3.05) is 12.3 Å². The Balaban J connectivity index is -0.00000000450. The fourth-order valence-electron chi connectivity index (χ4n) is 0. The van der Waals surface area contributed by atoms with E-state index in [1.54, 1.807) is 0 Å². The van der Waals surface area contributed by atoms with E-state index in [2.05, 4.69) is 18.5 Å². The molecular formula is C3H12Ar4P2. The summed E-state index contributed by atoms with van der Waals surface area (Å²) in [6.07, 6.45) is 2.40. The second kappa shape index (κ2) is 37.1. The molecule has 0 spiro atoms. The first-order valence-electron chi connectivity index (χ1n) is 1.32. The molecule has 0 aromatic carbocycles. The third-order valence-corrected chi connectivity index (χ3v) is 1.50. The van der Waals surface area contributed by atoms with E-state index in [-0.39, 0.29) is 158 Å². The van der Waals surface area contributed by atoms with Gasteiger partial charge in [-0.1, -0.05) is 7.43 Å². The molecule has 0 rings (SSSR count). The van der Waals surface area contributed by atoms with E-state index in [0.29, 0.717) is 0 Å². The molecule has 66 valence electrons. The van der Waals surface area contributed by atoms with Crippen molar-refractivity contribution in [1.82, 2.24) is 0 Å². The van der Waals surface area contributed by atoms with Gasteiger partial charge in [0.1, 0.15) is 0 Å². The Kier molecular flexibility index (Phi) is 150. The monoisotopic (exact) mass is 270 g/mol. The molecule has 0 nitrogen and oxygen atoms in total. The molecule has 0 saturated carbocycles. The van der Waals surface area contributed by atoms with E-state index in [9.17, 15) is 0 Å². The van der Waals surface area contributed by atoms with Gasteiger partial charge in [0.2, 0.25) is 0 Å². The molecule has 0 bridgehead atoms. The molecule has 9 heavy (non-hydrogen) atoms. The average molecular weight is 270 g/mol. The zero-order valence-electron chi connectivity index (χ0n) is 3.98. The average Bonchev–Trinajstić information content (AvgIpc) is 1.37. The summed E-state index contributed by atoms with van der Waals surface area (Å²) in [5.41, 5.74) is 0. The van der Waals surface area contributed by atoms with Gasteiger partial charge in [-0.3, -0.25) is 0 Å². The zero-order valence-corrected chi connectivity index (χ0v) is 9.12. The second-order valence-electron chi connectivity index (χ2n) is 0.577. The van der Waals surface area contributed by atoms with E-state index in [1.807, 2.05) is 0 Å². The first-order valence-corrected chi connectivity index (χ1v) is 2.95. The third kappa shape index (κ3) is 41.3. The first-order chi connectivity index (χ1) is 1.91. The summed E-state index contributed by atoms with van der Waals surface area (Å²) in [6.45, 7) is 0. The fourth-order valence-corrected chi connectivity index (χ4v) is 0. The predicted molar refractivity (Wildman–Crippen MR) is 35.9 cm³/mol. The smallest absolute Gasteiger partial charge is 0 e. The van der Waals surface area contributed by atoms with Crippen LogP contribution in [0.4, 0.5) is 0 Å². The van der Waals surface area contributed by atoms with Crippen LogP contribution in [0.15, 0.2) is 0 Å². The Bertz CT molecular complexity index is 15.8. The topological polar surface area (TPSA) is 0 Å². The van der Waals surface area contributed by atoms with Crippen LogP contribution >= 0.6 is 18.5 Å². The van der Waals surface area contributed by atoms with Crippen LogP contribution in [0, 0.1) is 151 Å². The molecule has 0 fully saturated rings. The van der Waals surface area contributed by atoms with Gasteiger partial charge >= 0.3 is 0 Å². The molecule has 0 saturated heterocycles. The van der Waals surface area contributed by atoms with Crippen LogP contribution in [0.1, 0.15) is 7.43 Å². The summed E-state index contributed by atoms with van der Waals surface area (Å²) in [4.78, 5) is 0. The minimum atomic E-state index is 0. The Morgan fingerprint density at radius 2 is 0.778 bits per heavy atom. The number of hydrogen-bond acceptors (Lipinski definition) is 0. The summed E-state index contributed by atoms with van der Waals surface area (Å²) in [5, 5.41) is 0. The minimum absolute atomic E-state index is 0. The van der Waals surface area contributed by atoms with Crippen LogP contribution in [0.2, 0.25) is 0 Å². The van der Waals surface area contributed by atoms with Crippen molar-refractivity contribution in [2.24, 2.45) is 0 Å². The second-order valence-corrected chi connectivity index (χ2v) is 1.73. The summed E-state index contributed by atoms with van der Waals surface area (Å²) < 4.78 is 0. The minimum Gasteiger partial charge on any atom is -0.137 e. The Morgan fingerprint density at radius 1 is 0.667 bits per heavy atom. The van der Waals surface area contributed by atoms with Crippen LogP contribution < -0.4 is 0 Å². The normalized spacial score (nSPS) is 3.33. The van der Waals surface area contributed by atoms with Crippen molar-refractivity contribution < 1.29 is 151 Å². The van der Waals surface area contributed by atoms with Crippen LogP contribution in [0.25, 0.3) is 0 Å². The standard InChI is InChI=1S/C2H8P2.CH4.4Ar/c3-1-2-4;;;;;/h1-4H2;1H4;;;;. The molecule has 2 unspecified atom stereocenters. The van der Waals surface area contributed by atoms with Gasteiger partial charge in [-0.25, -0.2) is 0 Å². The molecule has 0 N–H and O–H groups in total. The number of rotatable bonds is 1. The van der Waals surface area contributed by atoms with Gasteiger partial charge in [-0.15, -0.1) is 18.5 Å². The van der Waals surface area contributed by atoms with E-state index < -0.39 is 0 Å². The Hall–Kier alpha value is 5.90. The maximum Gasteiger partial charge on any atom is 0 e. The van der Waals surface area contributed by atoms with Gasteiger partial charge < -0.3 is 0 Å². The third-order valence-electron chi connectivity index (χ3n) is 0.167. The molecule has 0 aliphatic heterocycles.